The van der Waals surface area contributed by atoms with Crippen molar-refractivity contribution in [1.82, 2.24) is 14.9 Å². The number of fused-ring (bicyclic) bond motifs is 1. The number of aromatic amines is 1. The first kappa shape index (κ1) is 16.9. The molecule has 0 atom stereocenters. The van der Waals surface area contributed by atoms with Gasteiger partial charge in [0.15, 0.2) is 0 Å². The van der Waals surface area contributed by atoms with Crippen LogP contribution < -0.4 is 5.56 Å². The number of benzene rings is 1. The maximum absolute atomic E-state index is 12.9. The summed E-state index contributed by atoms with van der Waals surface area (Å²) < 4.78 is 5.10. The summed E-state index contributed by atoms with van der Waals surface area (Å²) in [6, 6.07) is 14.5. The quantitative estimate of drug-likeness (QED) is 0.748. The Bertz CT molecular complexity index is 922. The fraction of sp³-hybridized carbons (Fsp3) is 0.211. The Morgan fingerprint density at radius 2 is 2.00 bits per heavy atom. The first-order valence-corrected chi connectivity index (χ1v) is 7.99. The van der Waals surface area contributed by atoms with Crippen molar-refractivity contribution in [3.05, 3.63) is 76.5 Å². The van der Waals surface area contributed by atoms with Crippen molar-refractivity contribution < 1.29 is 9.53 Å². The van der Waals surface area contributed by atoms with E-state index in [2.05, 4.69) is 9.97 Å². The molecular weight excluding hydrogens is 318 g/mol. The maximum Gasteiger partial charge on any atom is 0.270 e. The van der Waals surface area contributed by atoms with E-state index in [1.54, 1.807) is 36.4 Å². The molecule has 128 valence electrons. The molecule has 0 saturated heterocycles. The van der Waals surface area contributed by atoms with E-state index in [1.165, 1.54) is 0 Å². The zero-order chi connectivity index (χ0) is 17.6. The smallest absolute Gasteiger partial charge is 0.270 e. The Kier molecular flexibility index (Phi) is 5.20. The Hall–Kier alpha value is -2.99. The topological polar surface area (TPSA) is 75.3 Å². The van der Waals surface area contributed by atoms with Gasteiger partial charge in [-0.3, -0.25) is 14.6 Å². The number of methoxy groups -OCH3 is 1. The Balaban J connectivity index is 1.92. The molecule has 0 bridgehead atoms. The van der Waals surface area contributed by atoms with Crippen LogP contribution in [0.4, 0.5) is 0 Å². The number of carbonyl (C=O) groups excluding carboxylic acids is 1. The molecule has 3 rings (SSSR count). The van der Waals surface area contributed by atoms with Gasteiger partial charge >= 0.3 is 0 Å². The van der Waals surface area contributed by atoms with Crippen LogP contribution in [0.3, 0.4) is 0 Å². The molecule has 0 aliphatic rings. The predicted octanol–water partition coefficient (Wildman–Crippen LogP) is 2.21. The second kappa shape index (κ2) is 7.72. The number of amides is 1. The summed E-state index contributed by atoms with van der Waals surface area (Å²) >= 11 is 0. The largest absolute Gasteiger partial charge is 0.383 e. The second-order valence-corrected chi connectivity index (χ2v) is 5.64. The molecule has 0 aliphatic carbocycles. The molecule has 0 spiro atoms. The molecule has 3 aromatic rings. The number of hydrogen-bond acceptors (Lipinski definition) is 4. The summed E-state index contributed by atoms with van der Waals surface area (Å²) in [5, 5.41) is 1.30. The monoisotopic (exact) mass is 337 g/mol. The van der Waals surface area contributed by atoms with Gasteiger partial charge in [0.1, 0.15) is 5.69 Å². The summed E-state index contributed by atoms with van der Waals surface area (Å²) in [7, 11) is 1.58. The zero-order valence-electron chi connectivity index (χ0n) is 13.9. The van der Waals surface area contributed by atoms with Gasteiger partial charge in [0.2, 0.25) is 0 Å². The molecule has 1 amide bonds. The third kappa shape index (κ3) is 3.92. The lowest BCUT2D eigenvalue weighted by Crippen LogP contribution is -2.35. The van der Waals surface area contributed by atoms with Crippen LogP contribution in [0.25, 0.3) is 10.8 Å². The predicted molar refractivity (Wildman–Crippen MR) is 95.4 cm³/mol. The van der Waals surface area contributed by atoms with Crippen LogP contribution in [0.5, 0.6) is 0 Å². The van der Waals surface area contributed by atoms with Crippen LogP contribution in [0, 0.1) is 0 Å². The van der Waals surface area contributed by atoms with E-state index in [0.29, 0.717) is 25.1 Å². The highest BCUT2D eigenvalue weighted by molar-refractivity contribution is 5.96. The van der Waals surface area contributed by atoms with Crippen LogP contribution in [-0.4, -0.2) is 41.0 Å². The minimum Gasteiger partial charge on any atom is -0.383 e. The highest BCUT2D eigenvalue weighted by Crippen LogP contribution is 2.12. The number of nitrogens with zero attached hydrogens (tertiary/aromatic N) is 2. The van der Waals surface area contributed by atoms with Gasteiger partial charge in [0.25, 0.3) is 11.5 Å². The zero-order valence-corrected chi connectivity index (χ0v) is 13.9. The van der Waals surface area contributed by atoms with Crippen molar-refractivity contribution in [1.29, 1.82) is 0 Å². The minimum atomic E-state index is -0.272. The first-order valence-electron chi connectivity index (χ1n) is 7.99. The molecule has 0 saturated carbocycles. The SMILES string of the molecule is COCCN(Cc1ccccn1)C(=O)c1cc2ccccc2c(=O)[nH]1. The van der Waals surface area contributed by atoms with Gasteiger partial charge in [-0.2, -0.15) is 0 Å². The third-order valence-electron chi connectivity index (χ3n) is 3.92. The van der Waals surface area contributed by atoms with Gasteiger partial charge < -0.3 is 14.6 Å². The van der Waals surface area contributed by atoms with Crippen LogP contribution in [0.2, 0.25) is 0 Å². The van der Waals surface area contributed by atoms with Crippen LogP contribution in [-0.2, 0) is 11.3 Å². The molecule has 0 radical (unpaired) electrons. The molecule has 1 aromatic carbocycles. The molecule has 2 heterocycles. The van der Waals surface area contributed by atoms with Gasteiger partial charge in [-0.15, -0.1) is 0 Å². The van der Waals surface area contributed by atoms with Crippen LogP contribution in [0.15, 0.2) is 59.5 Å². The highest BCUT2D eigenvalue weighted by Gasteiger charge is 2.18. The summed E-state index contributed by atoms with van der Waals surface area (Å²) in [5.74, 6) is -0.259. The fourth-order valence-electron chi connectivity index (χ4n) is 2.64. The molecule has 1 N–H and O–H groups in total. The van der Waals surface area contributed by atoms with Crippen molar-refractivity contribution in [2.45, 2.75) is 6.54 Å². The lowest BCUT2D eigenvalue weighted by atomic mass is 10.1. The standard InChI is InChI=1S/C19H19N3O3/c1-25-11-10-22(13-15-7-4-5-9-20-15)19(24)17-12-14-6-2-3-8-16(14)18(23)21-17/h2-9,12H,10-11,13H2,1H3,(H,21,23). The van der Waals surface area contributed by atoms with Crippen molar-refractivity contribution in [3.63, 3.8) is 0 Å². The van der Waals surface area contributed by atoms with E-state index in [1.807, 2.05) is 30.3 Å². The van der Waals surface area contributed by atoms with Crippen LogP contribution >= 0.6 is 0 Å². The summed E-state index contributed by atoms with van der Waals surface area (Å²) in [6.07, 6.45) is 1.69. The van der Waals surface area contributed by atoms with Gasteiger partial charge in [0, 0.05) is 25.2 Å². The normalized spacial score (nSPS) is 10.8. The van der Waals surface area contributed by atoms with E-state index >= 15 is 0 Å². The first-order chi connectivity index (χ1) is 12.2. The number of carbonyl (C=O) groups is 1. The Morgan fingerprint density at radius 3 is 2.76 bits per heavy atom. The number of hydrogen-bond donors (Lipinski definition) is 1. The van der Waals surface area contributed by atoms with Crippen molar-refractivity contribution in [2.75, 3.05) is 20.3 Å². The molecule has 6 nitrogen and oxygen atoms in total. The lowest BCUT2D eigenvalue weighted by molar-refractivity contribution is 0.0672. The average Bonchev–Trinajstić information content (AvgIpc) is 2.65. The molecule has 0 fully saturated rings. The summed E-state index contributed by atoms with van der Waals surface area (Å²) in [6.45, 7) is 1.15. The summed E-state index contributed by atoms with van der Waals surface area (Å²) in [4.78, 5) is 33.7. The molecule has 25 heavy (non-hydrogen) atoms. The number of rotatable bonds is 6. The lowest BCUT2D eigenvalue weighted by Gasteiger charge is -2.22. The molecular formula is C19H19N3O3. The van der Waals surface area contributed by atoms with E-state index in [-0.39, 0.29) is 17.2 Å². The molecule has 2 aromatic heterocycles. The number of pyridine rings is 2. The van der Waals surface area contributed by atoms with E-state index in [4.69, 9.17) is 4.74 Å². The van der Waals surface area contributed by atoms with Gasteiger partial charge in [-0.25, -0.2) is 0 Å². The minimum absolute atomic E-state index is 0.259. The average molecular weight is 337 g/mol. The highest BCUT2D eigenvalue weighted by atomic mass is 16.5. The second-order valence-electron chi connectivity index (χ2n) is 5.64. The number of H-pyrrole nitrogens is 1. The number of ether oxygens (including phenoxy) is 1. The summed E-state index contributed by atoms with van der Waals surface area (Å²) in [5.41, 5.74) is 0.761. The number of aromatic nitrogens is 2. The van der Waals surface area contributed by atoms with E-state index < -0.39 is 0 Å². The van der Waals surface area contributed by atoms with Gasteiger partial charge in [-0.05, 0) is 29.7 Å². The van der Waals surface area contributed by atoms with E-state index in [9.17, 15) is 9.59 Å². The van der Waals surface area contributed by atoms with Gasteiger partial charge in [0.05, 0.1) is 18.8 Å². The van der Waals surface area contributed by atoms with Gasteiger partial charge in [-0.1, -0.05) is 24.3 Å². The maximum atomic E-state index is 12.9. The molecule has 6 heteroatoms. The Morgan fingerprint density at radius 1 is 1.20 bits per heavy atom. The molecule has 0 aliphatic heterocycles. The van der Waals surface area contributed by atoms with Crippen molar-refractivity contribution in [3.8, 4) is 0 Å². The number of nitrogens with one attached hydrogen (secondary N) is 1. The fourth-order valence-corrected chi connectivity index (χ4v) is 2.64. The molecule has 0 unspecified atom stereocenters. The van der Waals surface area contributed by atoms with Crippen molar-refractivity contribution >= 4 is 16.7 Å². The van der Waals surface area contributed by atoms with E-state index in [0.717, 1.165) is 11.1 Å². The Labute approximate surface area is 145 Å². The van der Waals surface area contributed by atoms with Crippen molar-refractivity contribution in [2.24, 2.45) is 0 Å². The third-order valence-corrected chi connectivity index (χ3v) is 3.92. The van der Waals surface area contributed by atoms with Crippen LogP contribution in [0.1, 0.15) is 16.2 Å².